The molecular formula is C21H23N3O2S. The van der Waals surface area contributed by atoms with Crippen molar-refractivity contribution >= 4 is 34.8 Å². The van der Waals surface area contributed by atoms with Gasteiger partial charge in [-0.1, -0.05) is 37.3 Å². The first kappa shape index (κ1) is 19.0. The number of likely N-dealkylation sites (tertiary alicyclic amines) is 1. The number of nitrogens with zero attached hydrogens (tertiary/aromatic N) is 1. The summed E-state index contributed by atoms with van der Waals surface area (Å²) in [6, 6.07) is 16.1. The van der Waals surface area contributed by atoms with E-state index in [0.29, 0.717) is 22.7 Å². The maximum absolute atomic E-state index is 12.9. The number of rotatable bonds is 3. The molecule has 1 aliphatic heterocycles. The van der Waals surface area contributed by atoms with Gasteiger partial charge in [0.1, 0.15) is 0 Å². The maximum atomic E-state index is 12.9. The number of anilines is 1. The van der Waals surface area contributed by atoms with Crippen LogP contribution >= 0.6 is 12.2 Å². The van der Waals surface area contributed by atoms with Crippen molar-refractivity contribution in [3.05, 3.63) is 65.7 Å². The molecule has 0 saturated carbocycles. The molecule has 2 N–H and O–H groups in total. The first-order valence-electron chi connectivity index (χ1n) is 9.10. The molecule has 0 aliphatic carbocycles. The average molecular weight is 382 g/mol. The lowest BCUT2D eigenvalue weighted by Crippen LogP contribution is -2.39. The van der Waals surface area contributed by atoms with Crippen LogP contribution in [0, 0.1) is 5.92 Å². The van der Waals surface area contributed by atoms with Gasteiger partial charge in [0.05, 0.1) is 11.3 Å². The molecular weight excluding hydrogens is 358 g/mol. The number of para-hydroxylation sites is 1. The molecule has 6 heteroatoms. The minimum Gasteiger partial charge on any atom is -0.339 e. The topological polar surface area (TPSA) is 61.4 Å². The van der Waals surface area contributed by atoms with E-state index in [-0.39, 0.29) is 16.9 Å². The SMILES string of the molecule is CC1CCN(C(=O)c2ccccc2NC(=S)NC(=O)c2ccccc2)CC1. The second-order valence-corrected chi connectivity index (χ2v) is 7.20. The zero-order valence-corrected chi connectivity index (χ0v) is 16.1. The summed E-state index contributed by atoms with van der Waals surface area (Å²) in [5, 5.41) is 5.81. The minimum atomic E-state index is -0.290. The fourth-order valence-corrected chi connectivity index (χ4v) is 3.28. The second-order valence-electron chi connectivity index (χ2n) is 6.79. The summed E-state index contributed by atoms with van der Waals surface area (Å²) in [7, 11) is 0. The van der Waals surface area contributed by atoms with Gasteiger partial charge in [-0.15, -0.1) is 0 Å². The fourth-order valence-electron chi connectivity index (χ4n) is 3.08. The molecule has 0 bridgehead atoms. The number of nitrogens with one attached hydrogen (secondary N) is 2. The number of hydrogen-bond donors (Lipinski definition) is 2. The van der Waals surface area contributed by atoms with Crippen molar-refractivity contribution < 1.29 is 9.59 Å². The van der Waals surface area contributed by atoms with Crippen molar-refractivity contribution in [1.29, 1.82) is 0 Å². The predicted octanol–water partition coefficient (Wildman–Crippen LogP) is 3.69. The van der Waals surface area contributed by atoms with Crippen LogP contribution in [0.25, 0.3) is 0 Å². The standard InChI is InChI=1S/C21H23N3O2S/c1-15-11-13-24(14-12-15)20(26)17-9-5-6-10-18(17)22-21(27)23-19(25)16-7-3-2-4-8-16/h2-10,15H,11-14H2,1H3,(H2,22,23,25,27). The summed E-state index contributed by atoms with van der Waals surface area (Å²) in [5.74, 6) is 0.354. The van der Waals surface area contributed by atoms with Gasteiger partial charge in [-0.2, -0.15) is 0 Å². The van der Waals surface area contributed by atoms with Gasteiger partial charge in [0.2, 0.25) is 0 Å². The summed E-state index contributed by atoms with van der Waals surface area (Å²) in [6.45, 7) is 3.75. The third kappa shape index (κ3) is 4.92. The number of carbonyl (C=O) groups excluding carboxylic acids is 2. The lowest BCUT2D eigenvalue weighted by atomic mass is 9.98. The molecule has 0 spiro atoms. The van der Waals surface area contributed by atoms with Crippen LogP contribution in [0.2, 0.25) is 0 Å². The van der Waals surface area contributed by atoms with Crippen molar-refractivity contribution in [3.63, 3.8) is 0 Å². The molecule has 140 valence electrons. The molecule has 1 heterocycles. The van der Waals surface area contributed by atoms with Gasteiger partial charge in [-0.05, 0) is 55.2 Å². The van der Waals surface area contributed by atoms with Crippen LogP contribution < -0.4 is 10.6 Å². The Labute approximate surface area is 164 Å². The quantitative estimate of drug-likeness (QED) is 0.796. The number of benzene rings is 2. The van der Waals surface area contributed by atoms with E-state index in [1.54, 1.807) is 36.4 Å². The molecule has 0 atom stereocenters. The number of hydrogen-bond acceptors (Lipinski definition) is 3. The Morgan fingerprint density at radius 1 is 1.00 bits per heavy atom. The number of piperidine rings is 1. The molecule has 2 aromatic rings. The normalized spacial score (nSPS) is 14.5. The molecule has 0 radical (unpaired) electrons. The summed E-state index contributed by atoms with van der Waals surface area (Å²) in [6.07, 6.45) is 2.04. The molecule has 1 fully saturated rings. The van der Waals surface area contributed by atoms with Gasteiger partial charge >= 0.3 is 0 Å². The Morgan fingerprint density at radius 2 is 1.63 bits per heavy atom. The van der Waals surface area contributed by atoms with Crippen LogP contribution in [0.5, 0.6) is 0 Å². The van der Waals surface area contributed by atoms with Crippen LogP contribution in [0.4, 0.5) is 5.69 Å². The summed E-state index contributed by atoms with van der Waals surface area (Å²) < 4.78 is 0. The van der Waals surface area contributed by atoms with Crippen LogP contribution in [0.3, 0.4) is 0 Å². The predicted molar refractivity (Wildman–Crippen MR) is 111 cm³/mol. The highest BCUT2D eigenvalue weighted by Crippen LogP contribution is 2.22. The molecule has 1 aliphatic rings. The van der Waals surface area contributed by atoms with Gasteiger partial charge in [0, 0.05) is 18.7 Å². The summed E-state index contributed by atoms with van der Waals surface area (Å²) >= 11 is 5.26. The smallest absolute Gasteiger partial charge is 0.257 e. The van der Waals surface area contributed by atoms with Gasteiger partial charge < -0.3 is 10.2 Å². The largest absolute Gasteiger partial charge is 0.339 e. The zero-order valence-electron chi connectivity index (χ0n) is 15.3. The Bertz CT molecular complexity index is 830. The molecule has 2 amide bonds. The molecule has 1 saturated heterocycles. The van der Waals surface area contributed by atoms with E-state index in [9.17, 15) is 9.59 Å². The van der Waals surface area contributed by atoms with Gasteiger partial charge in [-0.3, -0.25) is 14.9 Å². The van der Waals surface area contributed by atoms with E-state index in [2.05, 4.69) is 17.6 Å². The highest BCUT2D eigenvalue weighted by atomic mass is 32.1. The van der Waals surface area contributed by atoms with E-state index in [1.807, 2.05) is 23.1 Å². The Balaban J connectivity index is 1.67. The van der Waals surface area contributed by atoms with Crippen LogP contribution in [-0.4, -0.2) is 34.9 Å². The van der Waals surface area contributed by atoms with Crippen molar-refractivity contribution in [3.8, 4) is 0 Å². The van der Waals surface area contributed by atoms with E-state index in [1.165, 1.54) is 0 Å². The van der Waals surface area contributed by atoms with Gasteiger partial charge in [0.25, 0.3) is 11.8 Å². The molecule has 0 unspecified atom stereocenters. The fraction of sp³-hybridized carbons (Fsp3) is 0.286. The van der Waals surface area contributed by atoms with Crippen LogP contribution in [0.1, 0.15) is 40.5 Å². The molecule has 2 aromatic carbocycles. The van der Waals surface area contributed by atoms with Crippen molar-refractivity contribution in [1.82, 2.24) is 10.2 Å². The third-order valence-corrected chi connectivity index (χ3v) is 4.94. The number of carbonyl (C=O) groups is 2. The second kappa shape index (κ2) is 8.77. The van der Waals surface area contributed by atoms with Crippen LogP contribution in [0.15, 0.2) is 54.6 Å². The molecule has 5 nitrogen and oxygen atoms in total. The Hall–Kier alpha value is -2.73. The number of thiocarbonyl (C=S) groups is 1. The van der Waals surface area contributed by atoms with E-state index < -0.39 is 0 Å². The Morgan fingerprint density at radius 3 is 2.33 bits per heavy atom. The molecule has 27 heavy (non-hydrogen) atoms. The summed E-state index contributed by atoms with van der Waals surface area (Å²) in [4.78, 5) is 27.0. The summed E-state index contributed by atoms with van der Waals surface area (Å²) in [5.41, 5.74) is 1.68. The lowest BCUT2D eigenvalue weighted by Gasteiger charge is -2.30. The highest BCUT2D eigenvalue weighted by Gasteiger charge is 2.23. The number of amides is 2. The molecule has 0 aromatic heterocycles. The highest BCUT2D eigenvalue weighted by molar-refractivity contribution is 7.80. The monoisotopic (exact) mass is 381 g/mol. The molecule has 3 rings (SSSR count). The Kier molecular flexibility index (Phi) is 6.19. The van der Waals surface area contributed by atoms with Crippen molar-refractivity contribution in [2.24, 2.45) is 5.92 Å². The average Bonchev–Trinajstić information content (AvgIpc) is 2.69. The third-order valence-electron chi connectivity index (χ3n) is 4.74. The van der Waals surface area contributed by atoms with Crippen molar-refractivity contribution in [2.45, 2.75) is 19.8 Å². The van der Waals surface area contributed by atoms with Crippen molar-refractivity contribution in [2.75, 3.05) is 18.4 Å². The van der Waals surface area contributed by atoms with E-state index in [0.717, 1.165) is 25.9 Å². The lowest BCUT2D eigenvalue weighted by molar-refractivity contribution is 0.0698. The van der Waals surface area contributed by atoms with Gasteiger partial charge in [-0.25, -0.2) is 0 Å². The van der Waals surface area contributed by atoms with Crippen LogP contribution in [-0.2, 0) is 0 Å². The van der Waals surface area contributed by atoms with Gasteiger partial charge in [0.15, 0.2) is 5.11 Å². The first-order chi connectivity index (χ1) is 13.0. The van der Waals surface area contributed by atoms with E-state index in [4.69, 9.17) is 12.2 Å². The van der Waals surface area contributed by atoms with E-state index >= 15 is 0 Å². The zero-order chi connectivity index (χ0) is 19.2. The maximum Gasteiger partial charge on any atom is 0.257 e. The first-order valence-corrected chi connectivity index (χ1v) is 9.51. The minimum absolute atomic E-state index is 0.0119.